The van der Waals surface area contributed by atoms with Crippen molar-refractivity contribution in [2.24, 2.45) is 7.05 Å². The number of nitrogens with zero attached hydrogens (tertiary/aromatic N) is 5. The van der Waals surface area contributed by atoms with Crippen LogP contribution in [-0.4, -0.2) is 51.1 Å². The standard InChI is InChI=1S/C25H25N5O4/c1-27-22-21(24(32)30(25(27)33)12-10-18-6-3-2-4-7-18)19(9-11-26-22)28-13-15-29(16-14-28)23(31)20-8-5-17-34-20/h2-9,11,17H,10,12-16H2,1H3. The predicted octanol–water partition coefficient (Wildman–Crippen LogP) is 1.89. The first-order valence-corrected chi connectivity index (χ1v) is 11.2. The number of fused-ring (bicyclic) bond motifs is 1. The van der Waals surface area contributed by atoms with E-state index in [4.69, 9.17) is 4.42 Å². The van der Waals surface area contributed by atoms with E-state index in [-0.39, 0.29) is 23.7 Å². The minimum absolute atomic E-state index is 0.144. The Labute approximate surface area is 195 Å². The number of amides is 1. The quantitative estimate of drug-likeness (QED) is 0.453. The molecule has 4 heterocycles. The second-order valence-corrected chi connectivity index (χ2v) is 8.32. The summed E-state index contributed by atoms with van der Waals surface area (Å²) in [5.41, 5.74) is 1.42. The van der Waals surface area contributed by atoms with Gasteiger partial charge < -0.3 is 14.2 Å². The molecule has 0 saturated carbocycles. The van der Waals surface area contributed by atoms with Gasteiger partial charge in [0.25, 0.3) is 11.5 Å². The largest absolute Gasteiger partial charge is 0.459 e. The van der Waals surface area contributed by atoms with Crippen LogP contribution in [0.3, 0.4) is 0 Å². The summed E-state index contributed by atoms with van der Waals surface area (Å²) in [6.45, 7) is 2.38. The molecule has 174 valence electrons. The van der Waals surface area contributed by atoms with E-state index in [9.17, 15) is 14.4 Å². The van der Waals surface area contributed by atoms with Crippen LogP contribution in [0.5, 0.6) is 0 Å². The number of benzene rings is 1. The summed E-state index contributed by atoms with van der Waals surface area (Å²) in [6, 6.07) is 14.9. The molecule has 0 atom stereocenters. The molecule has 9 nitrogen and oxygen atoms in total. The topological polar surface area (TPSA) is 93.6 Å². The van der Waals surface area contributed by atoms with Gasteiger partial charge in [-0.3, -0.25) is 18.7 Å². The minimum atomic E-state index is -0.382. The van der Waals surface area contributed by atoms with E-state index >= 15 is 0 Å². The van der Waals surface area contributed by atoms with Gasteiger partial charge in [-0.15, -0.1) is 0 Å². The maximum absolute atomic E-state index is 13.5. The summed E-state index contributed by atoms with van der Waals surface area (Å²) in [6.07, 6.45) is 3.68. The molecule has 3 aromatic heterocycles. The summed E-state index contributed by atoms with van der Waals surface area (Å²) in [5.74, 6) is 0.175. The molecule has 5 rings (SSSR count). The van der Waals surface area contributed by atoms with Gasteiger partial charge in [0.05, 0.1) is 12.0 Å². The van der Waals surface area contributed by atoms with Crippen molar-refractivity contribution < 1.29 is 9.21 Å². The molecule has 1 fully saturated rings. The molecule has 1 saturated heterocycles. The molecule has 9 heteroatoms. The second-order valence-electron chi connectivity index (χ2n) is 8.32. The molecule has 1 aliphatic rings. The monoisotopic (exact) mass is 459 g/mol. The van der Waals surface area contributed by atoms with Crippen LogP contribution in [0.4, 0.5) is 5.69 Å². The Hall–Kier alpha value is -4.14. The van der Waals surface area contributed by atoms with E-state index in [0.29, 0.717) is 49.4 Å². The van der Waals surface area contributed by atoms with Crippen LogP contribution < -0.4 is 16.1 Å². The minimum Gasteiger partial charge on any atom is -0.459 e. The van der Waals surface area contributed by atoms with Crippen LogP contribution in [-0.2, 0) is 20.0 Å². The van der Waals surface area contributed by atoms with E-state index in [1.165, 1.54) is 15.4 Å². The number of aryl methyl sites for hydroxylation is 2. The third kappa shape index (κ3) is 3.89. The summed E-state index contributed by atoms with van der Waals surface area (Å²) >= 11 is 0. The maximum atomic E-state index is 13.5. The lowest BCUT2D eigenvalue weighted by Crippen LogP contribution is -2.49. The lowest BCUT2D eigenvalue weighted by Gasteiger charge is -2.36. The molecule has 4 aromatic rings. The zero-order chi connectivity index (χ0) is 23.7. The Morgan fingerprint density at radius 2 is 1.76 bits per heavy atom. The molecule has 0 unspecified atom stereocenters. The van der Waals surface area contributed by atoms with E-state index in [2.05, 4.69) is 9.88 Å². The first kappa shape index (κ1) is 21.7. The number of piperazine rings is 1. The molecule has 1 aliphatic heterocycles. The molecule has 0 radical (unpaired) electrons. The van der Waals surface area contributed by atoms with Crippen molar-refractivity contribution in [2.45, 2.75) is 13.0 Å². The number of pyridine rings is 1. The fourth-order valence-electron chi connectivity index (χ4n) is 4.45. The van der Waals surface area contributed by atoms with Gasteiger partial charge in [-0.1, -0.05) is 30.3 Å². The molecule has 0 spiro atoms. The molecule has 1 aromatic carbocycles. The van der Waals surface area contributed by atoms with Crippen molar-refractivity contribution in [1.82, 2.24) is 19.0 Å². The Morgan fingerprint density at radius 3 is 2.47 bits per heavy atom. The maximum Gasteiger partial charge on any atom is 0.332 e. The van der Waals surface area contributed by atoms with Crippen LogP contribution in [0.25, 0.3) is 11.0 Å². The highest BCUT2D eigenvalue weighted by atomic mass is 16.3. The zero-order valence-corrected chi connectivity index (χ0v) is 18.9. The van der Waals surface area contributed by atoms with Gasteiger partial charge in [0, 0.05) is 46.0 Å². The van der Waals surface area contributed by atoms with E-state index < -0.39 is 0 Å². The number of carbonyl (C=O) groups is 1. The van der Waals surface area contributed by atoms with Crippen molar-refractivity contribution in [2.75, 3.05) is 31.1 Å². The molecule has 0 bridgehead atoms. The summed E-state index contributed by atoms with van der Waals surface area (Å²) in [7, 11) is 1.64. The predicted molar refractivity (Wildman–Crippen MR) is 128 cm³/mol. The summed E-state index contributed by atoms with van der Waals surface area (Å²) < 4.78 is 7.96. The fourth-order valence-corrected chi connectivity index (χ4v) is 4.45. The number of hydrogen-bond acceptors (Lipinski definition) is 6. The van der Waals surface area contributed by atoms with Crippen LogP contribution in [0.15, 0.2) is 75.0 Å². The highest BCUT2D eigenvalue weighted by Crippen LogP contribution is 2.23. The molecule has 0 aliphatic carbocycles. The number of furan rings is 1. The van der Waals surface area contributed by atoms with E-state index in [1.807, 2.05) is 30.3 Å². The SMILES string of the molecule is Cn1c(=O)n(CCc2ccccc2)c(=O)c2c(N3CCN(C(=O)c4ccco4)CC3)ccnc21. The fraction of sp³-hybridized carbons (Fsp3) is 0.280. The highest BCUT2D eigenvalue weighted by Gasteiger charge is 2.26. The average Bonchev–Trinajstić information content (AvgIpc) is 3.42. The normalized spacial score (nSPS) is 14.0. The lowest BCUT2D eigenvalue weighted by molar-refractivity contribution is 0.0715. The lowest BCUT2D eigenvalue weighted by atomic mass is 10.1. The average molecular weight is 460 g/mol. The molecular formula is C25H25N5O4. The number of aromatic nitrogens is 3. The van der Waals surface area contributed by atoms with Gasteiger partial charge in [-0.2, -0.15) is 0 Å². The Morgan fingerprint density at radius 1 is 1.00 bits per heavy atom. The van der Waals surface area contributed by atoms with Gasteiger partial charge in [0.2, 0.25) is 0 Å². The van der Waals surface area contributed by atoms with Crippen LogP contribution in [0.1, 0.15) is 16.1 Å². The van der Waals surface area contributed by atoms with E-state index in [1.54, 1.807) is 36.3 Å². The Kier molecular flexibility index (Phi) is 5.75. The van der Waals surface area contributed by atoms with Gasteiger partial charge in [0.15, 0.2) is 11.4 Å². The van der Waals surface area contributed by atoms with Crippen molar-refractivity contribution in [3.8, 4) is 0 Å². The first-order chi connectivity index (χ1) is 16.5. The third-order valence-corrected chi connectivity index (χ3v) is 6.31. The van der Waals surface area contributed by atoms with Gasteiger partial charge in [-0.25, -0.2) is 9.78 Å². The van der Waals surface area contributed by atoms with Crippen molar-refractivity contribution in [3.05, 3.63) is 93.2 Å². The first-order valence-electron chi connectivity index (χ1n) is 11.2. The van der Waals surface area contributed by atoms with Crippen molar-refractivity contribution in [1.29, 1.82) is 0 Å². The number of carbonyl (C=O) groups excluding carboxylic acids is 1. The number of anilines is 1. The number of hydrogen-bond donors (Lipinski definition) is 0. The Bertz CT molecular complexity index is 1430. The molecular weight excluding hydrogens is 434 g/mol. The molecule has 1 amide bonds. The number of rotatable bonds is 5. The van der Waals surface area contributed by atoms with Crippen LogP contribution in [0.2, 0.25) is 0 Å². The highest BCUT2D eigenvalue weighted by molar-refractivity contribution is 5.92. The molecule has 34 heavy (non-hydrogen) atoms. The van der Waals surface area contributed by atoms with Gasteiger partial charge in [0.1, 0.15) is 5.39 Å². The smallest absolute Gasteiger partial charge is 0.332 e. The summed E-state index contributed by atoms with van der Waals surface area (Å²) in [4.78, 5) is 47.2. The van der Waals surface area contributed by atoms with Crippen molar-refractivity contribution >= 4 is 22.6 Å². The van der Waals surface area contributed by atoms with Gasteiger partial charge in [-0.05, 0) is 30.2 Å². The van der Waals surface area contributed by atoms with E-state index in [0.717, 1.165) is 11.3 Å². The Balaban J connectivity index is 1.45. The zero-order valence-electron chi connectivity index (χ0n) is 18.9. The summed E-state index contributed by atoms with van der Waals surface area (Å²) in [5, 5.41) is 0.420. The van der Waals surface area contributed by atoms with Crippen molar-refractivity contribution in [3.63, 3.8) is 0 Å². The van der Waals surface area contributed by atoms with Crippen LogP contribution >= 0.6 is 0 Å². The molecule has 0 N–H and O–H groups in total. The van der Waals surface area contributed by atoms with Gasteiger partial charge >= 0.3 is 5.69 Å². The van der Waals surface area contributed by atoms with Crippen LogP contribution in [0, 0.1) is 0 Å². The second kappa shape index (κ2) is 9.01. The third-order valence-electron chi connectivity index (χ3n) is 6.31.